The Morgan fingerprint density at radius 1 is 0.585 bits per heavy atom. The van der Waals surface area contributed by atoms with E-state index in [0.29, 0.717) is 24.2 Å². The van der Waals surface area contributed by atoms with Gasteiger partial charge in [-0.15, -0.1) is 0 Å². The van der Waals surface area contributed by atoms with Crippen LogP contribution >= 0.6 is 0 Å². The average molecular weight is 547 g/mol. The van der Waals surface area contributed by atoms with Crippen molar-refractivity contribution >= 4 is 11.8 Å². The minimum atomic E-state index is -0.164. The molecule has 0 aliphatic carbocycles. The molecule has 0 fully saturated rings. The van der Waals surface area contributed by atoms with Gasteiger partial charge in [0.1, 0.15) is 0 Å². The van der Waals surface area contributed by atoms with Gasteiger partial charge in [-0.3, -0.25) is 9.59 Å². The summed E-state index contributed by atoms with van der Waals surface area (Å²) >= 11 is 0. The topological polar surface area (TPSA) is 58.2 Å². The molecule has 0 aliphatic heterocycles. The summed E-state index contributed by atoms with van der Waals surface area (Å²) in [5.74, 6) is -0.284. The summed E-state index contributed by atoms with van der Waals surface area (Å²) in [4.78, 5) is 26.0. The predicted molar refractivity (Wildman–Crippen MR) is 169 cm³/mol. The second-order valence-electron chi connectivity index (χ2n) is 12.8. The largest absolute Gasteiger partial charge is 0.351 e. The van der Waals surface area contributed by atoms with Gasteiger partial charge in [-0.05, 0) is 62.9 Å². The maximum Gasteiger partial charge on any atom is 0.251 e. The van der Waals surface area contributed by atoms with E-state index in [2.05, 4.69) is 94.6 Å². The Balaban J connectivity index is 1.40. The van der Waals surface area contributed by atoms with Gasteiger partial charge in [0.25, 0.3) is 11.8 Å². The highest BCUT2D eigenvalue weighted by molar-refractivity contribution is 5.97. The number of amides is 2. The molecule has 4 heteroatoms. The van der Waals surface area contributed by atoms with Crippen LogP contribution in [-0.2, 0) is 17.4 Å². The Labute approximate surface area is 245 Å². The van der Waals surface area contributed by atoms with Crippen LogP contribution in [0.3, 0.4) is 0 Å². The van der Waals surface area contributed by atoms with Crippen LogP contribution in [0.2, 0.25) is 0 Å². The first-order chi connectivity index (χ1) is 19.4. The molecular weight excluding hydrogens is 504 g/mol. The first kappa shape index (κ1) is 29.8. The molecule has 212 valence electrons. The summed E-state index contributed by atoms with van der Waals surface area (Å²) in [5, 5.41) is 6.14. The lowest BCUT2D eigenvalue weighted by Gasteiger charge is -2.26. The highest BCUT2D eigenvalue weighted by Gasteiger charge is 2.21. The Kier molecular flexibility index (Phi) is 9.12. The van der Waals surface area contributed by atoms with E-state index in [-0.39, 0.29) is 28.6 Å². The van der Waals surface area contributed by atoms with Crippen molar-refractivity contribution in [3.05, 3.63) is 142 Å². The van der Waals surface area contributed by atoms with Crippen LogP contribution in [0.15, 0.2) is 103 Å². The second-order valence-corrected chi connectivity index (χ2v) is 12.8. The van der Waals surface area contributed by atoms with E-state index in [0.717, 1.165) is 16.7 Å². The lowest BCUT2D eigenvalue weighted by atomic mass is 9.79. The SMILES string of the molecule is CC(C)(C)c1cc(CNC(=O)c2ccc(C(=O)NCC(c3ccccc3)c3ccccc3)cc2)cc(C(C)(C)C)c1. The van der Waals surface area contributed by atoms with Gasteiger partial charge in [-0.2, -0.15) is 0 Å². The van der Waals surface area contributed by atoms with Crippen LogP contribution < -0.4 is 10.6 Å². The van der Waals surface area contributed by atoms with Crippen LogP contribution in [0.1, 0.15) is 96.0 Å². The number of carbonyl (C=O) groups excluding carboxylic acids is 2. The van der Waals surface area contributed by atoms with E-state index in [4.69, 9.17) is 0 Å². The summed E-state index contributed by atoms with van der Waals surface area (Å²) in [6.07, 6.45) is 0. The highest BCUT2D eigenvalue weighted by atomic mass is 16.2. The normalized spacial score (nSPS) is 11.8. The lowest BCUT2D eigenvalue weighted by molar-refractivity contribution is 0.0939. The van der Waals surface area contributed by atoms with Crippen molar-refractivity contribution in [3.8, 4) is 0 Å². The lowest BCUT2D eigenvalue weighted by Crippen LogP contribution is -2.29. The fraction of sp³-hybridized carbons (Fsp3) is 0.297. The third kappa shape index (κ3) is 7.94. The van der Waals surface area contributed by atoms with Crippen LogP contribution in [0.4, 0.5) is 0 Å². The predicted octanol–water partition coefficient (Wildman–Crippen LogP) is 7.77. The zero-order valence-electron chi connectivity index (χ0n) is 25.1. The zero-order valence-corrected chi connectivity index (χ0v) is 25.1. The van der Waals surface area contributed by atoms with Gasteiger partial charge in [0.2, 0.25) is 0 Å². The maximum atomic E-state index is 13.0. The van der Waals surface area contributed by atoms with E-state index in [9.17, 15) is 9.59 Å². The third-order valence-electron chi connectivity index (χ3n) is 7.46. The summed E-state index contributed by atoms with van der Waals surface area (Å²) in [6, 6.07) is 33.9. The molecule has 0 radical (unpaired) electrons. The molecule has 4 aromatic carbocycles. The van der Waals surface area contributed by atoms with E-state index in [1.54, 1.807) is 24.3 Å². The molecular formula is C37H42N2O2. The van der Waals surface area contributed by atoms with Crippen molar-refractivity contribution in [2.45, 2.75) is 64.8 Å². The Morgan fingerprint density at radius 2 is 1.00 bits per heavy atom. The molecule has 0 aliphatic rings. The van der Waals surface area contributed by atoms with Crippen LogP contribution in [0.5, 0.6) is 0 Å². The van der Waals surface area contributed by atoms with Crippen molar-refractivity contribution in [3.63, 3.8) is 0 Å². The third-order valence-corrected chi connectivity index (χ3v) is 7.46. The zero-order chi connectivity index (χ0) is 29.6. The van der Waals surface area contributed by atoms with Crippen molar-refractivity contribution in [1.29, 1.82) is 0 Å². The quantitative estimate of drug-likeness (QED) is 0.237. The van der Waals surface area contributed by atoms with Crippen molar-refractivity contribution in [1.82, 2.24) is 10.6 Å². The number of rotatable bonds is 8. The van der Waals surface area contributed by atoms with Crippen LogP contribution in [0.25, 0.3) is 0 Å². The van der Waals surface area contributed by atoms with Gasteiger partial charge in [0.15, 0.2) is 0 Å². The summed E-state index contributed by atoms with van der Waals surface area (Å²) in [5.41, 5.74) is 6.96. The number of benzene rings is 4. The first-order valence-corrected chi connectivity index (χ1v) is 14.3. The van der Waals surface area contributed by atoms with E-state index in [1.807, 2.05) is 36.4 Å². The first-order valence-electron chi connectivity index (χ1n) is 14.3. The molecule has 2 amide bonds. The Hall–Kier alpha value is -4.18. The molecule has 4 nitrogen and oxygen atoms in total. The smallest absolute Gasteiger partial charge is 0.251 e. The molecule has 0 heterocycles. The monoisotopic (exact) mass is 546 g/mol. The molecule has 0 aromatic heterocycles. The van der Waals surface area contributed by atoms with Crippen molar-refractivity contribution in [2.75, 3.05) is 6.54 Å². The Morgan fingerprint density at radius 3 is 1.41 bits per heavy atom. The molecule has 0 atom stereocenters. The van der Waals surface area contributed by atoms with E-state index < -0.39 is 0 Å². The van der Waals surface area contributed by atoms with Gasteiger partial charge >= 0.3 is 0 Å². The minimum absolute atomic E-state index is 0.0125. The van der Waals surface area contributed by atoms with Gasteiger partial charge in [-0.1, -0.05) is 120 Å². The molecule has 0 saturated carbocycles. The van der Waals surface area contributed by atoms with Gasteiger partial charge < -0.3 is 10.6 Å². The number of hydrogen-bond donors (Lipinski definition) is 2. The molecule has 4 rings (SSSR count). The highest BCUT2D eigenvalue weighted by Crippen LogP contribution is 2.30. The van der Waals surface area contributed by atoms with Crippen molar-refractivity contribution < 1.29 is 9.59 Å². The minimum Gasteiger partial charge on any atom is -0.351 e. The van der Waals surface area contributed by atoms with Gasteiger partial charge in [-0.25, -0.2) is 0 Å². The number of hydrogen-bond acceptors (Lipinski definition) is 2. The van der Waals surface area contributed by atoms with Crippen LogP contribution in [-0.4, -0.2) is 18.4 Å². The van der Waals surface area contributed by atoms with Gasteiger partial charge in [0, 0.05) is 30.1 Å². The molecule has 4 aromatic rings. The fourth-order valence-corrected chi connectivity index (χ4v) is 4.81. The maximum absolute atomic E-state index is 13.0. The van der Waals surface area contributed by atoms with E-state index in [1.165, 1.54) is 11.1 Å². The standard InChI is InChI=1S/C37H42N2O2/c1-36(2,3)31-21-26(22-32(23-31)37(4,5)6)24-38-34(40)29-17-19-30(20-18-29)35(41)39-25-33(27-13-9-7-10-14-27)28-15-11-8-12-16-28/h7-23,33H,24-25H2,1-6H3,(H,38,40)(H,39,41). The van der Waals surface area contributed by atoms with Crippen molar-refractivity contribution in [2.24, 2.45) is 0 Å². The number of carbonyl (C=O) groups is 2. The second kappa shape index (κ2) is 12.6. The summed E-state index contributed by atoms with van der Waals surface area (Å²) in [6.45, 7) is 14.2. The molecule has 0 saturated heterocycles. The molecule has 2 N–H and O–H groups in total. The average Bonchev–Trinajstić information content (AvgIpc) is 2.96. The summed E-state index contributed by atoms with van der Waals surface area (Å²) in [7, 11) is 0. The van der Waals surface area contributed by atoms with Crippen LogP contribution in [0, 0.1) is 0 Å². The molecule has 0 bridgehead atoms. The molecule has 41 heavy (non-hydrogen) atoms. The molecule has 0 unspecified atom stereocenters. The Bertz CT molecular complexity index is 1390. The van der Waals surface area contributed by atoms with E-state index >= 15 is 0 Å². The fourth-order valence-electron chi connectivity index (χ4n) is 4.81. The molecule has 0 spiro atoms. The van der Waals surface area contributed by atoms with Gasteiger partial charge in [0.05, 0.1) is 0 Å². The number of nitrogens with one attached hydrogen (secondary N) is 2. The summed E-state index contributed by atoms with van der Waals surface area (Å²) < 4.78 is 0.